The third kappa shape index (κ3) is 3.32. The van der Waals surface area contributed by atoms with Crippen molar-refractivity contribution < 1.29 is 0 Å². The van der Waals surface area contributed by atoms with E-state index in [9.17, 15) is 0 Å². The monoisotopic (exact) mass is 255 g/mol. The summed E-state index contributed by atoms with van der Waals surface area (Å²) < 4.78 is 0. The fourth-order valence-corrected chi connectivity index (χ4v) is 2.20. The lowest BCUT2D eigenvalue weighted by Crippen LogP contribution is -2.19. The zero-order valence-corrected chi connectivity index (χ0v) is 11.6. The Hall–Kier alpha value is -1.87. The maximum Gasteiger partial charge on any atom is 0.0378 e. The van der Waals surface area contributed by atoms with Crippen molar-refractivity contribution in [3.8, 4) is 0 Å². The standard InChI is InChI=1S/C16H21N3/c1-3-12-4-6-13(7-5-12)16(18-2)10-14-11-19-9-8-15(14)17/h4-9,11,16,18H,3,10H2,1-2H3,(H2,17,19). The number of nitrogens with zero attached hydrogens (tertiary/aromatic N) is 1. The van der Waals surface area contributed by atoms with Crippen LogP contribution in [0.3, 0.4) is 0 Å². The van der Waals surface area contributed by atoms with E-state index in [1.807, 2.05) is 19.3 Å². The average Bonchev–Trinajstić information content (AvgIpc) is 2.47. The molecule has 3 nitrogen and oxygen atoms in total. The molecule has 100 valence electrons. The van der Waals surface area contributed by atoms with Crippen molar-refractivity contribution in [1.82, 2.24) is 10.3 Å². The highest BCUT2D eigenvalue weighted by Crippen LogP contribution is 2.21. The Morgan fingerprint density at radius 1 is 1.21 bits per heavy atom. The van der Waals surface area contributed by atoms with Gasteiger partial charge in [0, 0.05) is 24.1 Å². The number of nitrogen functional groups attached to an aromatic ring is 1. The molecule has 1 aromatic carbocycles. The number of hydrogen-bond donors (Lipinski definition) is 2. The first-order valence-corrected chi connectivity index (χ1v) is 6.69. The van der Waals surface area contributed by atoms with Gasteiger partial charge in [-0.25, -0.2) is 0 Å². The molecule has 0 fully saturated rings. The molecule has 0 aliphatic heterocycles. The van der Waals surface area contributed by atoms with Crippen LogP contribution in [-0.2, 0) is 12.8 Å². The molecule has 0 spiro atoms. The van der Waals surface area contributed by atoms with E-state index in [1.54, 1.807) is 6.20 Å². The molecule has 1 atom stereocenters. The average molecular weight is 255 g/mol. The van der Waals surface area contributed by atoms with Gasteiger partial charge in [0.15, 0.2) is 0 Å². The van der Waals surface area contributed by atoms with Crippen molar-refractivity contribution in [3.05, 3.63) is 59.4 Å². The lowest BCUT2D eigenvalue weighted by molar-refractivity contribution is 0.592. The van der Waals surface area contributed by atoms with E-state index >= 15 is 0 Å². The summed E-state index contributed by atoms with van der Waals surface area (Å²) in [5.41, 5.74) is 10.5. The Bertz CT molecular complexity index is 520. The van der Waals surface area contributed by atoms with Crippen molar-refractivity contribution in [3.63, 3.8) is 0 Å². The molecule has 0 saturated heterocycles. The normalized spacial score (nSPS) is 12.3. The smallest absolute Gasteiger partial charge is 0.0378 e. The van der Waals surface area contributed by atoms with E-state index in [4.69, 9.17) is 5.73 Å². The molecule has 0 bridgehead atoms. The van der Waals surface area contributed by atoms with Crippen LogP contribution >= 0.6 is 0 Å². The SMILES string of the molecule is CCc1ccc(C(Cc2cnccc2N)NC)cc1. The molecule has 0 aliphatic carbocycles. The van der Waals surface area contributed by atoms with Gasteiger partial charge in [-0.05, 0) is 42.6 Å². The summed E-state index contributed by atoms with van der Waals surface area (Å²) in [5, 5.41) is 3.35. The first kappa shape index (κ1) is 13.6. The molecule has 1 aromatic heterocycles. The maximum absolute atomic E-state index is 5.98. The van der Waals surface area contributed by atoms with Crippen LogP contribution in [0.5, 0.6) is 0 Å². The number of aryl methyl sites for hydroxylation is 1. The van der Waals surface area contributed by atoms with Crippen LogP contribution in [0.1, 0.15) is 29.7 Å². The second-order valence-corrected chi connectivity index (χ2v) is 4.72. The molecule has 1 unspecified atom stereocenters. The van der Waals surface area contributed by atoms with E-state index in [1.165, 1.54) is 11.1 Å². The van der Waals surface area contributed by atoms with Crippen molar-refractivity contribution in [2.45, 2.75) is 25.8 Å². The van der Waals surface area contributed by atoms with E-state index in [2.05, 4.69) is 41.5 Å². The summed E-state index contributed by atoms with van der Waals surface area (Å²) in [6, 6.07) is 10.9. The highest BCUT2D eigenvalue weighted by Gasteiger charge is 2.11. The summed E-state index contributed by atoms with van der Waals surface area (Å²) >= 11 is 0. The Balaban J connectivity index is 2.17. The van der Waals surface area contributed by atoms with E-state index in [0.29, 0.717) is 0 Å². The van der Waals surface area contributed by atoms with Crippen LogP contribution in [0.2, 0.25) is 0 Å². The van der Waals surface area contributed by atoms with Crippen LogP contribution < -0.4 is 11.1 Å². The van der Waals surface area contributed by atoms with Crippen molar-refractivity contribution in [1.29, 1.82) is 0 Å². The van der Waals surface area contributed by atoms with Gasteiger partial charge in [-0.2, -0.15) is 0 Å². The molecule has 3 N–H and O–H groups in total. The van der Waals surface area contributed by atoms with Gasteiger partial charge in [0.05, 0.1) is 0 Å². The minimum absolute atomic E-state index is 0.261. The number of hydrogen-bond acceptors (Lipinski definition) is 3. The third-order valence-corrected chi connectivity index (χ3v) is 3.50. The molecule has 2 rings (SSSR count). The number of benzene rings is 1. The minimum atomic E-state index is 0.261. The summed E-state index contributed by atoms with van der Waals surface area (Å²) in [5.74, 6) is 0. The summed E-state index contributed by atoms with van der Waals surface area (Å²) in [4.78, 5) is 4.15. The molecule has 0 radical (unpaired) electrons. The highest BCUT2D eigenvalue weighted by atomic mass is 14.9. The Kier molecular flexibility index (Phi) is 4.53. The lowest BCUT2D eigenvalue weighted by Gasteiger charge is -2.18. The van der Waals surface area contributed by atoms with Crippen molar-refractivity contribution in [2.24, 2.45) is 0 Å². The van der Waals surface area contributed by atoms with E-state index in [-0.39, 0.29) is 6.04 Å². The van der Waals surface area contributed by atoms with Crippen molar-refractivity contribution in [2.75, 3.05) is 12.8 Å². The molecule has 0 aliphatic rings. The first-order chi connectivity index (χ1) is 9.24. The van der Waals surface area contributed by atoms with Crippen LogP contribution in [0.15, 0.2) is 42.7 Å². The largest absolute Gasteiger partial charge is 0.398 e. The Morgan fingerprint density at radius 2 is 1.95 bits per heavy atom. The van der Waals surface area contributed by atoms with E-state index in [0.717, 1.165) is 24.1 Å². The maximum atomic E-state index is 5.98. The van der Waals surface area contributed by atoms with Gasteiger partial charge in [0.1, 0.15) is 0 Å². The van der Waals surface area contributed by atoms with Gasteiger partial charge in [-0.1, -0.05) is 31.2 Å². The molecule has 2 aromatic rings. The Labute approximate surface area is 114 Å². The number of aromatic nitrogens is 1. The summed E-state index contributed by atoms with van der Waals surface area (Å²) in [6.07, 6.45) is 5.49. The second-order valence-electron chi connectivity index (χ2n) is 4.72. The number of anilines is 1. The third-order valence-electron chi connectivity index (χ3n) is 3.50. The zero-order chi connectivity index (χ0) is 13.7. The van der Waals surface area contributed by atoms with Gasteiger partial charge < -0.3 is 11.1 Å². The Morgan fingerprint density at radius 3 is 2.53 bits per heavy atom. The minimum Gasteiger partial charge on any atom is -0.398 e. The summed E-state index contributed by atoms with van der Waals surface area (Å²) in [6.45, 7) is 2.17. The molecular weight excluding hydrogens is 234 g/mol. The first-order valence-electron chi connectivity index (χ1n) is 6.69. The molecule has 19 heavy (non-hydrogen) atoms. The number of nitrogens with two attached hydrogens (primary N) is 1. The number of likely N-dealkylation sites (N-methyl/N-ethyl adjacent to an activating group) is 1. The molecular formula is C16H21N3. The topological polar surface area (TPSA) is 50.9 Å². The number of pyridine rings is 1. The van der Waals surface area contributed by atoms with E-state index < -0.39 is 0 Å². The van der Waals surface area contributed by atoms with Crippen LogP contribution in [0.4, 0.5) is 5.69 Å². The van der Waals surface area contributed by atoms with Gasteiger partial charge in [0.2, 0.25) is 0 Å². The van der Waals surface area contributed by atoms with Crippen LogP contribution in [0.25, 0.3) is 0 Å². The zero-order valence-electron chi connectivity index (χ0n) is 11.6. The predicted octanol–water partition coefficient (Wildman–Crippen LogP) is 2.73. The summed E-state index contributed by atoms with van der Waals surface area (Å²) in [7, 11) is 1.98. The molecule has 3 heteroatoms. The van der Waals surface area contributed by atoms with Gasteiger partial charge in [0.25, 0.3) is 0 Å². The van der Waals surface area contributed by atoms with Gasteiger partial charge in [-0.15, -0.1) is 0 Å². The fraction of sp³-hybridized carbons (Fsp3) is 0.312. The lowest BCUT2D eigenvalue weighted by atomic mass is 9.98. The fourth-order valence-electron chi connectivity index (χ4n) is 2.20. The molecule has 1 heterocycles. The molecule has 0 saturated carbocycles. The number of rotatable bonds is 5. The molecule has 0 amide bonds. The van der Waals surface area contributed by atoms with Gasteiger partial charge >= 0.3 is 0 Å². The van der Waals surface area contributed by atoms with Crippen molar-refractivity contribution >= 4 is 5.69 Å². The van der Waals surface area contributed by atoms with Crippen LogP contribution in [0, 0.1) is 0 Å². The predicted molar refractivity (Wildman–Crippen MR) is 80.0 cm³/mol. The second kappa shape index (κ2) is 6.34. The highest BCUT2D eigenvalue weighted by molar-refractivity contribution is 5.45. The quantitative estimate of drug-likeness (QED) is 0.863. The van der Waals surface area contributed by atoms with Gasteiger partial charge in [-0.3, -0.25) is 4.98 Å². The number of nitrogens with one attached hydrogen (secondary N) is 1. The van der Waals surface area contributed by atoms with Crippen LogP contribution in [-0.4, -0.2) is 12.0 Å².